The highest BCUT2D eigenvalue weighted by Gasteiger charge is 2.28. The number of fused-ring (bicyclic) bond motifs is 1. The molecule has 7 heteroatoms. The summed E-state index contributed by atoms with van der Waals surface area (Å²) in [7, 11) is 1.51. The molecule has 0 unspecified atom stereocenters. The van der Waals surface area contributed by atoms with Crippen molar-refractivity contribution in [2.45, 2.75) is 25.9 Å². The fourth-order valence-electron chi connectivity index (χ4n) is 4.13. The van der Waals surface area contributed by atoms with Gasteiger partial charge in [-0.3, -0.25) is 14.4 Å². The number of hydrogen-bond donors (Lipinski definition) is 2. The number of carbonyl (C=O) groups excluding carboxylic acids is 2. The molecule has 1 aliphatic heterocycles. The second-order valence-corrected chi connectivity index (χ2v) is 7.85. The SMILES string of the molecule is CNC(=O)c1c2c(cn(CCc3ccccc3)c1=O)CN(C(=O)c1cccc(O)c1)CC2. The molecule has 0 spiro atoms. The molecule has 2 aromatic carbocycles. The van der Waals surface area contributed by atoms with E-state index in [1.807, 2.05) is 30.3 Å². The van der Waals surface area contributed by atoms with Crippen LogP contribution < -0.4 is 10.9 Å². The summed E-state index contributed by atoms with van der Waals surface area (Å²) in [5.74, 6) is -0.576. The summed E-state index contributed by atoms with van der Waals surface area (Å²) in [6, 6.07) is 16.1. The normalized spacial score (nSPS) is 12.8. The van der Waals surface area contributed by atoms with Gasteiger partial charge in [0.05, 0.1) is 0 Å². The smallest absolute Gasteiger partial charge is 0.263 e. The van der Waals surface area contributed by atoms with Crippen LogP contribution in [-0.4, -0.2) is 40.0 Å². The van der Waals surface area contributed by atoms with Gasteiger partial charge in [0.1, 0.15) is 11.3 Å². The first kappa shape index (κ1) is 21.4. The van der Waals surface area contributed by atoms with E-state index in [9.17, 15) is 19.5 Å². The molecule has 0 bridgehead atoms. The molecular formula is C25H25N3O4. The second-order valence-electron chi connectivity index (χ2n) is 7.85. The van der Waals surface area contributed by atoms with Gasteiger partial charge < -0.3 is 19.9 Å². The second kappa shape index (κ2) is 9.09. The molecular weight excluding hydrogens is 406 g/mol. The minimum Gasteiger partial charge on any atom is -0.508 e. The van der Waals surface area contributed by atoms with Gasteiger partial charge in [-0.1, -0.05) is 36.4 Å². The highest BCUT2D eigenvalue weighted by Crippen LogP contribution is 2.23. The lowest BCUT2D eigenvalue weighted by Gasteiger charge is -2.30. The molecule has 1 aliphatic rings. The van der Waals surface area contributed by atoms with E-state index in [1.54, 1.807) is 27.8 Å². The first-order chi connectivity index (χ1) is 15.5. The number of pyridine rings is 1. The third kappa shape index (κ3) is 4.27. The van der Waals surface area contributed by atoms with Gasteiger partial charge in [-0.15, -0.1) is 0 Å². The van der Waals surface area contributed by atoms with Crippen LogP contribution in [0.1, 0.15) is 37.4 Å². The number of amides is 2. The largest absolute Gasteiger partial charge is 0.508 e. The number of phenols is 1. The quantitative estimate of drug-likeness (QED) is 0.649. The van der Waals surface area contributed by atoms with Crippen LogP contribution in [0.3, 0.4) is 0 Å². The molecule has 7 nitrogen and oxygen atoms in total. The molecule has 0 saturated heterocycles. The first-order valence-corrected chi connectivity index (χ1v) is 10.6. The van der Waals surface area contributed by atoms with Crippen LogP contribution in [0.25, 0.3) is 0 Å². The monoisotopic (exact) mass is 431 g/mol. The molecule has 3 aromatic rings. The van der Waals surface area contributed by atoms with Crippen molar-refractivity contribution in [3.63, 3.8) is 0 Å². The van der Waals surface area contributed by atoms with Crippen molar-refractivity contribution in [2.24, 2.45) is 0 Å². The highest BCUT2D eigenvalue weighted by molar-refractivity contribution is 5.96. The Kier molecular flexibility index (Phi) is 6.07. The molecule has 0 fully saturated rings. The van der Waals surface area contributed by atoms with E-state index in [2.05, 4.69) is 5.32 Å². The average Bonchev–Trinajstić information content (AvgIpc) is 2.82. The van der Waals surface area contributed by atoms with Crippen LogP contribution in [-0.2, 0) is 25.9 Å². The topological polar surface area (TPSA) is 91.6 Å². The molecule has 2 amide bonds. The zero-order chi connectivity index (χ0) is 22.7. The van der Waals surface area contributed by atoms with E-state index in [1.165, 1.54) is 19.2 Å². The summed E-state index contributed by atoms with van der Waals surface area (Å²) in [6.07, 6.45) is 2.84. The number of nitrogens with one attached hydrogen (secondary N) is 1. The molecule has 0 atom stereocenters. The van der Waals surface area contributed by atoms with Gasteiger partial charge in [0.2, 0.25) is 0 Å². The van der Waals surface area contributed by atoms with Gasteiger partial charge in [0, 0.05) is 38.4 Å². The maximum absolute atomic E-state index is 13.1. The highest BCUT2D eigenvalue weighted by atomic mass is 16.3. The van der Waals surface area contributed by atoms with Crippen LogP contribution in [0, 0.1) is 0 Å². The fourth-order valence-corrected chi connectivity index (χ4v) is 4.13. The van der Waals surface area contributed by atoms with Crippen LogP contribution in [0.2, 0.25) is 0 Å². The number of aryl methyl sites for hydroxylation is 2. The van der Waals surface area contributed by atoms with Crippen LogP contribution in [0.15, 0.2) is 65.6 Å². The van der Waals surface area contributed by atoms with E-state index in [4.69, 9.17) is 0 Å². The standard InChI is InChI=1S/C25H25N3O4/c1-26-23(30)22-21-11-13-27(24(31)18-8-5-9-20(29)14-18)15-19(21)16-28(25(22)32)12-10-17-6-3-2-4-7-17/h2-9,14,16,29H,10-13,15H2,1H3,(H,26,30). The van der Waals surface area contributed by atoms with Crippen molar-refractivity contribution in [3.05, 3.63) is 99.0 Å². The maximum atomic E-state index is 13.1. The number of aromatic nitrogens is 1. The molecule has 0 saturated carbocycles. The summed E-state index contributed by atoms with van der Waals surface area (Å²) in [4.78, 5) is 40.3. The Hall–Kier alpha value is -3.87. The average molecular weight is 431 g/mol. The van der Waals surface area contributed by atoms with E-state index in [-0.39, 0.29) is 22.8 Å². The van der Waals surface area contributed by atoms with Crippen LogP contribution >= 0.6 is 0 Å². The summed E-state index contributed by atoms with van der Waals surface area (Å²) in [5, 5.41) is 12.3. The molecule has 164 valence electrons. The van der Waals surface area contributed by atoms with Crippen molar-refractivity contribution in [3.8, 4) is 5.75 Å². The molecule has 1 aromatic heterocycles. The van der Waals surface area contributed by atoms with Crippen molar-refractivity contribution >= 4 is 11.8 Å². The van der Waals surface area contributed by atoms with Gasteiger partial charge in [-0.25, -0.2) is 0 Å². The summed E-state index contributed by atoms with van der Waals surface area (Å²) in [5.41, 5.74) is 2.83. The number of rotatable bonds is 5. The van der Waals surface area contributed by atoms with Crippen molar-refractivity contribution in [2.75, 3.05) is 13.6 Å². The van der Waals surface area contributed by atoms with Gasteiger partial charge >= 0.3 is 0 Å². The molecule has 2 heterocycles. The lowest BCUT2D eigenvalue weighted by Crippen LogP contribution is -2.41. The van der Waals surface area contributed by atoms with Crippen molar-refractivity contribution < 1.29 is 14.7 Å². The van der Waals surface area contributed by atoms with E-state index < -0.39 is 5.91 Å². The van der Waals surface area contributed by atoms with Crippen LogP contribution in [0.5, 0.6) is 5.75 Å². The zero-order valence-corrected chi connectivity index (χ0v) is 17.9. The lowest BCUT2D eigenvalue weighted by molar-refractivity contribution is 0.0733. The van der Waals surface area contributed by atoms with E-state index in [0.717, 1.165) is 11.1 Å². The summed E-state index contributed by atoms with van der Waals surface area (Å²) < 4.78 is 1.57. The Morgan fingerprint density at radius 2 is 1.88 bits per heavy atom. The number of nitrogens with zero attached hydrogens (tertiary/aromatic N) is 2. The molecule has 0 radical (unpaired) electrons. The predicted molar refractivity (Wildman–Crippen MR) is 121 cm³/mol. The van der Waals surface area contributed by atoms with E-state index in [0.29, 0.717) is 43.6 Å². The Morgan fingerprint density at radius 1 is 1.09 bits per heavy atom. The maximum Gasteiger partial charge on any atom is 0.263 e. The zero-order valence-electron chi connectivity index (χ0n) is 17.9. The molecule has 4 rings (SSSR count). The predicted octanol–water partition coefficient (Wildman–Crippen LogP) is 2.35. The van der Waals surface area contributed by atoms with Crippen LogP contribution in [0.4, 0.5) is 0 Å². The fraction of sp³-hybridized carbons (Fsp3) is 0.240. The number of carbonyl (C=O) groups is 2. The Morgan fingerprint density at radius 3 is 2.59 bits per heavy atom. The Labute approximate surface area is 185 Å². The molecule has 0 aliphatic carbocycles. The summed E-state index contributed by atoms with van der Waals surface area (Å²) in [6.45, 7) is 1.11. The molecule has 32 heavy (non-hydrogen) atoms. The Balaban J connectivity index is 1.67. The van der Waals surface area contributed by atoms with Crippen molar-refractivity contribution in [1.29, 1.82) is 0 Å². The Bertz CT molecular complexity index is 1220. The molecule has 2 N–H and O–H groups in total. The summed E-state index contributed by atoms with van der Waals surface area (Å²) >= 11 is 0. The van der Waals surface area contributed by atoms with Gasteiger partial charge in [-0.2, -0.15) is 0 Å². The first-order valence-electron chi connectivity index (χ1n) is 10.6. The van der Waals surface area contributed by atoms with Gasteiger partial charge in [0.25, 0.3) is 17.4 Å². The minimum absolute atomic E-state index is 0.0323. The van der Waals surface area contributed by atoms with Gasteiger partial charge in [-0.05, 0) is 47.7 Å². The minimum atomic E-state index is -0.409. The third-order valence-electron chi connectivity index (χ3n) is 5.79. The van der Waals surface area contributed by atoms with Gasteiger partial charge in [0.15, 0.2) is 0 Å². The number of hydrogen-bond acceptors (Lipinski definition) is 4. The lowest BCUT2D eigenvalue weighted by atomic mass is 9.95. The number of phenolic OH excluding ortho intramolecular Hbond substituents is 1. The number of benzene rings is 2. The van der Waals surface area contributed by atoms with E-state index >= 15 is 0 Å². The van der Waals surface area contributed by atoms with Crippen molar-refractivity contribution in [1.82, 2.24) is 14.8 Å². The number of aromatic hydroxyl groups is 1. The third-order valence-corrected chi connectivity index (χ3v) is 5.79.